The number of hydrogen-bond acceptors (Lipinski definition) is 4. The highest BCUT2D eigenvalue weighted by atomic mass is 79.9. The van der Waals surface area contributed by atoms with Crippen LogP contribution in [0.15, 0.2) is 64.7 Å². The van der Waals surface area contributed by atoms with E-state index in [9.17, 15) is 9.59 Å². The van der Waals surface area contributed by atoms with E-state index in [4.69, 9.17) is 4.74 Å². The SMILES string of the molecule is C=CCOc1ccc(/C=N\NC(=O)C(=O)Nc2ccccc2C)cc1Br. The Bertz CT molecular complexity index is 850. The molecular weight excluding hydrogens is 398 g/mol. The van der Waals surface area contributed by atoms with Crippen molar-refractivity contribution in [3.05, 3.63) is 70.7 Å². The van der Waals surface area contributed by atoms with Crippen LogP contribution in [0.3, 0.4) is 0 Å². The van der Waals surface area contributed by atoms with Crippen LogP contribution >= 0.6 is 15.9 Å². The number of amides is 2. The fourth-order valence-corrected chi connectivity index (χ4v) is 2.48. The highest BCUT2D eigenvalue weighted by molar-refractivity contribution is 9.10. The van der Waals surface area contributed by atoms with Crippen molar-refractivity contribution in [2.75, 3.05) is 11.9 Å². The highest BCUT2D eigenvalue weighted by Crippen LogP contribution is 2.25. The van der Waals surface area contributed by atoms with Gasteiger partial charge >= 0.3 is 11.8 Å². The Morgan fingerprint density at radius 1 is 1.23 bits per heavy atom. The van der Waals surface area contributed by atoms with E-state index < -0.39 is 11.8 Å². The molecule has 0 spiro atoms. The summed E-state index contributed by atoms with van der Waals surface area (Å²) >= 11 is 3.39. The molecule has 0 unspecified atom stereocenters. The molecule has 0 saturated heterocycles. The predicted octanol–water partition coefficient (Wildman–Crippen LogP) is 3.41. The van der Waals surface area contributed by atoms with E-state index in [0.717, 1.165) is 15.6 Å². The lowest BCUT2D eigenvalue weighted by molar-refractivity contribution is -0.136. The minimum absolute atomic E-state index is 0.401. The van der Waals surface area contributed by atoms with Gasteiger partial charge in [-0.1, -0.05) is 30.9 Å². The molecule has 2 aromatic carbocycles. The van der Waals surface area contributed by atoms with E-state index in [2.05, 4.69) is 38.4 Å². The summed E-state index contributed by atoms with van der Waals surface area (Å²) in [5.41, 5.74) is 4.36. The fourth-order valence-electron chi connectivity index (χ4n) is 1.97. The van der Waals surface area contributed by atoms with E-state index in [0.29, 0.717) is 18.0 Å². The van der Waals surface area contributed by atoms with Crippen molar-refractivity contribution in [3.63, 3.8) is 0 Å². The van der Waals surface area contributed by atoms with Gasteiger partial charge in [-0.15, -0.1) is 0 Å². The summed E-state index contributed by atoms with van der Waals surface area (Å²) in [6, 6.07) is 12.5. The molecule has 2 aromatic rings. The van der Waals surface area contributed by atoms with Crippen LogP contribution in [-0.4, -0.2) is 24.6 Å². The molecular formula is C19H18BrN3O3. The van der Waals surface area contributed by atoms with Gasteiger partial charge in [0.25, 0.3) is 0 Å². The zero-order chi connectivity index (χ0) is 18.9. The Kier molecular flexibility index (Phi) is 7.11. The molecule has 0 aromatic heterocycles. The first-order valence-corrected chi connectivity index (χ1v) is 8.54. The smallest absolute Gasteiger partial charge is 0.329 e. The number of benzene rings is 2. The maximum atomic E-state index is 11.9. The second-order valence-electron chi connectivity index (χ2n) is 5.26. The number of carbonyl (C=O) groups excluding carboxylic acids is 2. The molecule has 2 N–H and O–H groups in total. The standard InChI is InChI=1S/C19H18BrN3O3/c1-3-10-26-17-9-8-14(11-15(17)20)12-21-23-19(25)18(24)22-16-7-5-4-6-13(16)2/h3-9,11-12H,1,10H2,2H3,(H,22,24)(H,23,25)/b21-12-. The normalized spacial score (nSPS) is 10.4. The molecule has 0 saturated carbocycles. The summed E-state index contributed by atoms with van der Waals surface area (Å²) in [5.74, 6) is -0.969. The quantitative estimate of drug-likeness (QED) is 0.328. The van der Waals surface area contributed by atoms with Crippen LogP contribution in [0.25, 0.3) is 0 Å². The van der Waals surface area contributed by atoms with Crippen molar-refractivity contribution in [2.24, 2.45) is 5.10 Å². The van der Waals surface area contributed by atoms with Crippen molar-refractivity contribution in [2.45, 2.75) is 6.92 Å². The van der Waals surface area contributed by atoms with Crippen molar-refractivity contribution < 1.29 is 14.3 Å². The Labute approximate surface area is 160 Å². The number of hydrazone groups is 1. The second-order valence-corrected chi connectivity index (χ2v) is 6.11. The minimum atomic E-state index is -0.852. The van der Waals surface area contributed by atoms with Crippen LogP contribution in [-0.2, 0) is 9.59 Å². The molecule has 6 nitrogen and oxygen atoms in total. The zero-order valence-corrected chi connectivity index (χ0v) is 15.7. The average Bonchev–Trinajstić information content (AvgIpc) is 2.62. The molecule has 0 atom stereocenters. The average molecular weight is 416 g/mol. The van der Waals surface area contributed by atoms with Gasteiger partial charge < -0.3 is 10.1 Å². The number of aryl methyl sites for hydroxylation is 1. The van der Waals surface area contributed by atoms with E-state index in [1.807, 2.05) is 19.1 Å². The van der Waals surface area contributed by atoms with Crippen LogP contribution in [0.1, 0.15) is 11.1 Å². The van der Waals surface area contributed by atoms with Gasteiger partial charge in [-0.3, -0.25) is 9.59 Å². The first-order valence-electron chi connectivity index (χ1n) is 7.74. The molecule has 0 aliphatic rings. The lowest BCUT2D eigenvalue weighted by Crippen LogP contribution is -2.32. The number of ether oxygens (including phenoxy) is 1. The van der Waals surface area contributed by atoms with Crippen molar-refractivity contribution in [1.82, 2.24) is 5.43 Å². The summed E-state index contributed by atoms with van der Waals surface area (Å²) < 4.78 is 6.19. The Morgan fingerprint density at radius 3 is 2.69 bits per heavy atom. The largest absolute Gasteiger partial charge is 0.488 e. The lowest BCUT2D eigenvalue weighted by Gasteiger charge is -2.07. The molecule has 0 heterocycles. The number of carbonyl (C=O) groups is 2. The number of anilines is 1. The third-order valence-electron chi connectivity index (χ3n) is 3.29. The third-order valence-corrected chi connectivity index (χ3v) is 3.91. The van der Waals surface area contributed by atoms with Crippen LogP contribution < -0.4 is 15.5 Å². The number of halogens is 1. The van der Waals surface area contributed by atoms with Gasteiger partial charge in [0.2, 0.25) is 0 Å². The van der Waals surface area contributed by atoms with Crippen molar-refractivity contribution in [3.8, 4) is 5.75 Å². The summed E-state index contributed by atoms with van der Waals surface area (Å²) in [4.78, 5) is 23.7. The van der Waals surface area contributed by atoms with Crippen molar-refractivity contribution >= 4 is 39.6 Å². The predicted molar refractivity (Wildman–Crippen MR) is 105 cm³/mol. The topological polar surface area (TPSA) is 79.8 Å². The van der Waals surface area contributed by atoms with Crippen LogP contribution in [0.4, 0.5) is 5.69 Å². The van der Waals surface area contributed by atoms with E-state index in [1.54, 1.807) is 36.4 Å². The summed E-state index contributed by atoms with van der Waals surface area (Å²) in [7, 11) is 0. The third kappa shape index (κ3) is 5.56. The summed E-state index contributed by atoms with van der Waals surface area (Å²) in [6.07, 6.45) is 3.08. The molecule has 2 amide bonds. The van der Waals surface area contributed by atoms with E-state index in [1.165, 1.54) is 6.21 Å². The number of para-hydroxylation sites is 1. The molecule has 26 heavy (non-hydrogen) atoms. The Balaban J connectivity index is 1.92. The Morgan fingerprint density at radius 2 is 2.00 bits per heavy atom. The molecule has 2 rings (SSSR count). The second kappa shape index (κ2) is 9.53. The van der Waals surface area contributed by atoms with E-state index >= 15 is 0 Å². The first-order chi connectivity index (χ1) is 12.5. The minimum Gasteiger partial charge on any atom is -0.488 e. The zero-order valence-electron chi connectivity index (χ0n) is 14.2. The maximum Gasteiger partial charge on any atom is 0.329 e. The fraction of sp³-hybridized carbons (Fsp3) is 0.105. The maximum absolute atomic E-state index is 11.9. The number of rotatable bonds is 6. The molecule has 0 bridgehead atoms. The van der Waals surface area contributed by atoms with Gasteiger partial charge in [-0.05, 0) is 58.2 Å². The van der Waals surface area contributed by atoms with E-state index in [-0.39, 0.29) is 0 Å². The van der Waals surface area contributed by atoms with Crippen LogP contribution in [0, 0.1) is 6.92 Å². The molecule has 0 fully saturated rings. The lowest BCUT2D eigenvalue weighted by atomic mass is 10.2. The van der Waals surface area contributed by atoms with Gasteiger partial charge in [0.05, 0.1) is 10.7 Å². The molecule has 0 radical (unpaired) electrons. The molecule has 0 aliphatic heterocycles. The van der Waals surface area contributed by atoms with Gasteiger partial charge in [0.1, 0.15) is 12.4 Å². The molecule has 134 valence electrons. The van der Waals surface area contributed by atoms with Crippen LogP contribution in [0.5, 0.6) is 5.75 Å². The van der Waals surface area contributed by atoms with Crippen molar-refractivity contribution in [1.29, 1.82) is 0 Å². The van der Waals surface area contributed by atoms with Gasteiger partial charge in [0.15, 0.2) is 0 Å². The molecule has 0 aliphatic carbocycles. The van der Waals surface area contributed by atoms with Crippen LogP contribution in [0.2, 0.25) is 0 Å². The highest BCUT2D eigenvalue weighted by Gasteiger charge is 2.13. The van der Waals surface area contributed by atoms with Gasteiger partial charge in [-0.2, -0.15) is 5.10 Å². The number of hydrogen-bond donors (Lipinski definition) is 2. The Hall–Kier alpha value is -2.93. The number of nitrogens with one attached hydrogen (secondary N) is 2. The van der Waals surface area contributed by atoms with Gasteiger partial charge in [-0.25, -0.2) is 5.43 Å². The summed E-state index contributed by atoms with van der Waals surface area (Å²) in [5, 5.41) is 6.33. The molecule has 7 heteroatoms. The first kappa shape index (κ1) is 19.4. The van der Waals surface area contributed by atoms with Gasteiger partial charge in [0, 0.05) is 5.69 Å². The monoisotopic (exact) mass is 415 g/mol. The summed E-state index contributed by atoms with van der Waals surface area (Å²) in [6.45, 7) is 5.83. The number of nitrogens with zero attached hydrogens (tertiary/aromatic N) is 1.